The molecule has 4 nitrogen and oxygen atoms in total. The maximum absolute atomic E-state index is 11.8. The van der Waals surface area contributed by atoms with Crippen LogP contribution in [0.3, 0.4) is 0 Å². The molecule has 0 radical (unpaired) electrons. The summed E-state index contributed by atoms with van der Waals surface area (Å²) < 4.78 is 10.5. The third kappa shape index (κ3) is 13.3. The van der Waals surface area contributed by atoms with E-state index in [0.29, 0.717) is 30.2 Å². The van der Waals surface area contributed by atoms with Crippen LogP contribution < -0.4 is 4.74 Å². The van der Waals surface area contributed by atoms with Crippen LogP contribution >= 0.6 is 11.6 Å². The third-order valence-corrected chi connectivity index (χ3v) is 4.54. The molecule has 27 heavy (non-hydrogen) atoms. The summed E-state index contributed by atoms with van der Waals surface area (Å²) >= 11 is 5.86. The maximum Gasteiger partial charge on any atom is 0.311 e. The SMILES string of the molecule is CCCCCCOC(=O)CCCCCCCCC(=O)Oc1cccc(Cl)c1. The third-order valence-electron chi connectivity index (χ3n) is 4.30. The van der Waals surface area contributed by atoms with Crippen LogP contribution in [0.25, 0.3) is 0 Å². The van der Waals surface area contributed by atoms with Crippen molar-refractivity contribution in [2.45, 2.75) is 84.0 Å². The van der Waals surface area contributed by atoms with E-state index in [0.717, 1.165) is 51.4 Å². The molecule has 0 N–H and O–H groups in total. The van der Waals surface area contributed by atoms with E-state index in [1.54, 1.807) is 24.3 Å². The van der Waals surface area contributed by atoms with Gasteiger partial charge in [0, 0.05) is 17.9 Å². The van der Waals surface area contributed by atoms with Crippen LogP contribution in [0.15, 0.2) is 24.3 Å². The van der Waals surface area contributed by atoms with E-state index in [1.807, 2.05) is 0 Å². The van der Waals surface area contributed by atoms with Crippen molar-refractivity contribution in [2.24, 2.45) is 0 Å². The Bertz CT molecular complexity index is 545. The molecule has 0 aromatic heterocycles. The molecule has 0 spiro atoms. The predicted octanol–water partition coefficient (Wildman–Crippen LogP) is 6.49. The fourth-order valence-electron chi connectivity index (χ4n) is 2.75. The Balaban J connectivity index is 1.91. The quantitative estimate of drug-likeness (QED) is 0.193. The minimum absolute atomic E-state index is 0.0738. The number of esters is 2. The second kappa shape index (κ2) is 15.5. The van der Waals surface area contributed by atoms with Crippen LogP contribution in [0.4, 0.5) is 0 Å². The van der Waals surface area contributed by atoms with Gasteiger partial charge in [-0.05, 0) is 37.5 Å². The number of halogens is 1. The van der Waals surface area contributed by atoms with Crippen molar-refractivity contribution in [1.82, 2.24) is 0 Å². The molecule has 1 rings (SSSR count). The van der Waals surface area contributed by atoms with Gasteiger partial charge < -0.3 is 9.47 Å². The second-order valence-corrected chi connectivity index (χ2v) is 7.27. The smallest absolute Gasteiger partial charge is 0.311 e. The molecule has 1 aromatic rings. The van der Waals surface area contributed by atoms with Gasteiger partial charge in [-0.15, -0.1) is 0 Å². The van der Waals surface area contributed by atoms with E-state index < -0.39 is 0 Å². The Hall–Kier alpha value is -1.55. The van der Waals surface area contributed by atoms with Crippen molar-refractivity contribution in [3.63, 3.8) is 0 Å². The van der Waals surface area contributed by atoms with E-state index in [9.17, 15) is 9.59 Å². The van der Waals surface area contributed by atoms with Crippen LogP contribution in [-0.2, 0) is 14.3 Å². The highest BCUT2D eigenvalue weighted by atomic mass is 35.5. The van der Waals surface area contributed by atoms with Crippen molar-refractivity contribution in [1.29, 1.82) is 0 Å². The van der Waals surface area contributed by atoms with Gasteiger partial charge in [-0.25, -0.2) is 0 Å². The Labute approximate surface area is 168 Å². The number of hydrogen-bond donors (Lipinski definition) is 0. The van der Waals surface area contributed by atoms with E-state index in [4.69, 9.17) is 21.1 Å². The van der Waals surface area contributed by atoms with E-state index in [-0.39, 0.29) is 11.9 Å². The summed E-state index contributed by atoms with van der Waals surface area (Å²) in [6.07, 6.45) is 11.3. The second-order valence-electron chi connectivity index (χ2n) is 6.83. The molecule has 0 fully saturated rings. The van der Waals surface area contributed by atoms with Crippen molar-refractivity contribution in [3.8, 4) is 5.75 Å². The summed E-state index contributed by atoms with van der Waals surface area (Å²) in [5, 5.41) is 0.556. The Morgan fingerprint density at radius 2 is 1.48 bits per heavy atom. The molecule has 0 aliphatic carbocycles. The van der Waals surface area contributed by atoms with Crippen LogP contribution in [0.2, 0.25) is 5.02 Å². The lowest BCUT2D eigenvalue weighted by atomic mass is 10.1. The number of benzene rings is 1. The van der Waals surface area contributed by atoms with Crippen LogP contribution in [0.5, 0.6) is 5.75 Å². The molecule has 0 aliphatic heterocycles. The van der Waals surface area contributed by atoms with Gasteiger partial charge in [-0.2, -0.15) is 0 Å². The highest BCUT2D eigenvalue weighted by Gasteiger charge is 2.05. The molecule has 1 aromatic carbocycles. The van der Waals surface area contributed by atoms with Gasteiger partial charge in [-0.1, -0.05) is 69.5 Å². The van der Waals surface area contributed by atoms with Gasteiger partial charge in [0.25, 0.3) is 0 Å². The zero-order chi connectivity index (χ0) is 19.7. The minimum Gasteiger partial charge on any atom is -0.466 e. The van der Waals surface area contributed by atoms with Crippen molar-refractivity contribution in [2.75, 3.05) is 6.61 Å². The van der Waals surface area contributed by atoms with Gasteiger partial charge in [0.2, 0.25) is 0 Å². The first-order chi connectivity index (χ1) is 13.1. The number of carbonyl (C=O) groups is 2. The molecule has 0 saturated heterocycles. The first-order valence-corrected chi connectivity index (χ1v) is 10.6. The fourth-order valence-corrected chi connectivity index (χ4v) is 2.93. The highest BCUT2D eigenvalue weighted by Crippen LogP contribution is 2.18. The number of unbranched alkanes of at least 4 members (excludes halogenated alkanes) is 8. The number of carbonyl (C=O) groups excluding carboxylic acids is 2. The van der Waals surface area contributed by atoms with E-state index in [2.05, 4.69) is 6.92 Å². The first kappa shape index (κ1) is 23.5. The van der Waals surface area contributed by atoms with Gasteiger partial charge in [0.05, 0.1) is 6.61 Å². The summed E-state index contributed by atoms with van der Waals surface area (Å²) in [6, 6.07) is 6.86. The van der Waals surface area contributed by atoms with E-state index in [1.165, 1.54) is 12.8 Å². The average molecular weight is 397 g/mol. The van der Waals surface area contributed by atoms with Gasteiger partial charge >= 0.3 is 11.9 Å². The molecular weight excluding hydrogens is 364 g/mol. The largest absolute Gasteiger partial charge is 0.466 e. The lowest BCUT2D eigenvalue weighted by Crippen LogP contribution is -2.07. The summed E-state index contributed by atoms with van der Waals surface area (Å²) in [6.45, 7) is 2.73. The lowest BCUT2D eigenvalue weighted by molar-refractivity contribution is -0.144. The molecule has 0 aliphatic rings. The summed E-state index contributed by atoms with van der Waals surface area (Å²) in [5.74, 6) is 0.193. The van der Waals surface area contributed by atoms with Crippen molar-refractivity contribution >= 4 is 23.5 Å². The molecule has 152 valence electrons. The van der Waals surface area contributed by atoms with Crippen molar-refractivity contribution in [3.05, 3.63) is 29.3 Å². The van der Waals surface area contributed by atoms with Crippen molar-refractivity contribution < 1.29 is 19.1 Å². The molecule has 0 heterocycles. The summed E-state index contributed by atoms with van der Waals surface area (Å²) in [7, 11) is 0. The predicted molar refractivity (Wildman–Crippen MR) is 109 cm³/mol. The first-order valence-electron chi connectivity index (χ1n) is 10.2. The normalized spacial score (nSPS) is 10.6. The zero-order valence-corrected chi connectivity index (χ0v) is 17.3. The van der Waals surface area contributed by atoms with E-state index >= 15 is 0 Å². The van der Waals surface area contributed by atoms with Crippen LogP contribution in [-0.4, -0.2) is 18.5 Å². The van der Waals surface area contributed by atoms with Crippen LogP contribution in [0, 0.1) is 0 Å². The fraction of sp³-hybridized carbons (Fsp3) is 0.636. The Morgan fingerprint density at radius 3 is 2.15 bits per heavy atom. The molecule has 0 atom stereocenters. The summed E-state index contributed by atoms with van der Waals surface area (Å²) in [4.78, 5) is 23.3. The highest BCUT2D eigenvalue weighted by molar-refractivity contribution is 6.30. The van der Waals surface area contributed by atoms with Gasteiger partial charge in [0.1, 0.15) is 5.75 Å². The average Bonchev–Trinajstić information content (AvgIpc) is 2.63. The molecular formula is C22H33ClO4. The Morgan fingerprint density at radius 1 is 0.852 bits per heavy atom. The standard InChI is InChI=1S/C22H33ClO4/c1-2-3-4-11-17-26-21(24)15-9-7-5-6-8-10-16-22(25)27-20-14-12-13-19(23)18-20/h12-14,18H,2-11,15-17H2,1H3. The molecule has 0 amide bonds. The number of rotatable bonds is 15. The zero-order valence-electron chi connectivity index (χ0n) is 16.5. The molecule has 0 unspecified atom stereocenters. The number of ether oxygens (including phenoxy) is 2. The minimum atomic E-state index is -0.223. The lowest BCUT2D eigenvalue weighted by Gasteiger charge is -2.05. The molecule has 0 saturated carbocycles. The molecule has 0 bridgehead atoms. The molecule has 5 heteroatoms. The Kier molecular flexibility index (Phi) is 13.5. The van der Waals surface area contributed by atoms with Crippen LogP contribution in [0.1, 0.15) is 84.0 Å². The summed E-state index contributed by atoms with van der Waals surface area (Å²) in [5.41, 5.74) is 0. The number of hydrogen-bond acceptors (Lipinski definition) is 4. The van der Waals surface area contributed by atoms with Gasteiger partial charge in [0.15, 0.2) is 0 Å². The maximum atomic E-state index is 11.8. The van der Waals surface area contributed by atoms with Gasteiger partial charge in [-0.3, -0.25) is 9.59 Å². The topological polar surface area (TPSA) is 52.6 Å². The monoisotopic (exact) mass is 396 g/mol.